The third-order valence-corrected chi connectivity index (χ3v) is 9.79. The van der Waals surface area contributed by atoms with Crippen LogP contribution in [0.25, 0.3) is 5.69 Å². The highest BCUT2D eigenvalue weighted by atomic mass is 32.2. The second kappa shape index (κ2) is 11.8. The fraction of sp³-hybridized carbons (Fsp3) is 0.400. The van der Waals surface area contributed by atoms with E-state index in [2.05, 4.69) is 20.0 Å². The van der Waals surface area contributed by atoms with Gasteiger partial charge >= 0.3 is 0 Å². The summed E-state index contributed by atoms with van der Waals surface area (Å²) in [5, 5.41) is 4.20. The Morgan fingerprint density at radius 1 is 0.976 bits per heavy atom. The summed E-state index contributed by atoms with van der Waals surface area (Å²) in [7, 11) is -3.68. The van der Waals surface area contributed by atoms with E-state index in [1.165, 1.54) is 4.31 Å². The first-order valence-corrected chi connectivity index (χ1v) is 15.6. The maximum atomic E-state index is 13.5. The van der Waals surface area contributed by atoms with Gasteiger partial charge in [0.15, 0.2) is 11.5 Å². The molecule has 3 aromatic rings. The zero-order chi connectivity index (χ0) is 29.3. The highest BCUT2D eigenvalue weighted by Crippen LogP contribution is 2.34. The smallest absolute Gasteiger partial charge is 0.284 e. The number of para-hydroxylation sites is 2. The normalized spacial score (nSPS) is 19.4. The quantitative estimate of drug-likeness (QED) is 0.331. The number of benzene rings is 2. The first-order valence-electron chi connectivity index (χ1n) is 14.2. The highest BCUT2D eigenvalue weighted by molar-refractivity contribution is 7.89. The van der Waals surface area contributed by atoms with Gasteiger partial charge in [-0.3, -0.25) is 4.79 Å². The summed E-state index contributed by atoms with van der Waals surface area (Å²) in [4.78, 5) is 15.3. The molecule has 1 unspecified atom stereocenters. The van der Waals surface area contributed by atoms with Gasteiger partial charge in [-0.1, -0.05) is 12.1 Å². The molecular formula is C30H35N5O6S. The van der Waals surface area contributed by atoms with Gasteiger partial charge in [0.2, 0.25) is 16.1 Å². The second-order valence-electron chi connectivity index (χ2n) is 10.6. The zero-order valence-electron chi connectivity index (χ0n) is 23.8. The van der Waals surface area contributed by atoms with Crippen molar-refractivity contribution in [1.82, 2.24) is 14.3 Å². The average Bonchev–Trinajstić information content (AvgIpc) is 3.65. The number of hydrogen-bond acceptors (Lipinski definition) is 8. The third-order valence-electron chi connectivity index (χ3n) is 7.89. The molecule has 0 radical (unpaired) electrons. The first-order chi connectivity index (χ1) is 20.3. The van der Waals surface area contributed by atoms with Crippen molar-refractivity contribution in [2.24, 2.45) is 5.10 Å². The van der Waals surface area contributed by atoms with Gasteiger partial charge < -0.3 is 23.7 Å². The predicted octanol–water partition coefficient (Wildman–Crippen LogP) is 3.01. The molecule has 11 nitrogen and oxygen atoms in total. The van der Waals surface area contributed by atoms with E-state index in [1.807, 2.05) is 38.1 Å². The first kappa shape index (κ1) is 28.3. The summed E-state index contributed by atoms with van der Waals surface area (Å²) in [5.74, 6) is 0.711. The predicted molar refractivity (Wildman–Crippen MR) is 158 cm³/mol. The van der Waals surface area contributed by atoms with E-state index < -0.39 is 22.0 Å². The number of nitrogens with zero attached hydrogens (tertiary/aromatic N) is 4. The van der Waals surface area contributed by atoms with Crippen LogP contribution in [0.5, 0.6) is 11.5 Å². The van der Waals surface area contributed by atoms with Gasteiger partial charge in [0, 0.05) is 43.1 Å². The number of morpholine rings is 1. The van der Waals surface area contributed by atoms with Gasteiger partial charge in [0.05, 0.1) is 35.7 Å². The fourth-order valence-corrected chi connectivity index (χ4v) is 7.11. The van der Waals surface area contributed by atoms with E-state index in [-0.39, 0.29) is 11.5 Å². The van der Waals surface area contributed by atoms with Crippen molar-refractivity contribution in [3.8, 4) is 17.2 Å². The van der Waals surface area contributed by atoms with E-state index in [4.69, 9.17) is 14.2 Å². The van der Waals surface area contributed by atoms with Crippen molar-refractivity contribution in [3.63, 3.8) is 0 Å². The topological polar surface area (TPSA) is 115 Å². The molecule has 3 aliphatic rings. The third kappa shape index (κ3) is 5.49. The number of sulfonamides is 1. The second-order valence-corrected chi connectivity index (χ2v) is 12.6. The van der Waals surface area contributed by atoms with Crippen LogP contribution in [0.15, 0.2) is 58.5 Å². The molecule has 12 heteroatoms. The van der Waals surface area contributed by atoms with E-state index in [1.54, 1.807) is 30.5 Å². The van der Waals surface area contributed by atoms with Crippen LogP contribution in [0.2, 0.25) is 0 Å². The molecule has 1 aromatic heterocycles. The molecular weight excluding hydrogens is 558 g/mol. The van der Waals surface area contributed by atoms with Crippen molar-refractivity contribution in [2.45, 2.75) is 37.7 Å². The molecule has 222 valence electrons. The maximum absolute atomic E-state index is 13.5. The van der Waals surface area contributed by atoms with Gasteiger partial charge in [-0.25, -0.2) is 13.8 Å². The molecule has 0 saturated carbocycles. The number of anilines is 1. The van der Waals surface area contributed by atoms with Gasteiger partial charge in [-0.15, -0.1) is 0 Å². The number of aromatic nitrogens is 1. The van der Waals surface area contributed by atoms with Crippen molar-refractivity contribution in [3.05, 3.63) is 65.5 Å². The number of carbonyl (C=O) groups excluding carboxylic acids is 1. The molecule has 2 aromatic carbocycles. The van der Waals surface area contributed by atoms with Gasteiger partial charge in [0.25, 0.3) is 5.91 Å². The van der Waals surface area contributed by atoms with Crippen LogP contribution < -0.4 is 19.8 Å². The molecule has 2 fully saturated rings. The minimum Gasteiger partial charge on any atom is -0.485 e. The molecule has 0 spiro atoms. The Morgan fingerprint density at radius 3 is 2.48 bits per heavy atom. The van der Waals surface area contributed by atoms with Crippen LogP contribution in [0.3, 0.4) is 0 Å². The lowest BCUT2D eigenvalue weighted by Gasteiger charge is -2.28. The van der Waals surface area contributed by atoms with Crippen LogP contribution in [-0.4, -0.2) is 81.5 Å². The summed E-state index contributed by atoms with van der Waals surface area (Å²) in [6.45, 7) is 7.32. The monoisotopic (exact) mass is 593 g/mol. The summed E-state index contributed by atoms with van der Waals surface area (Å²) >= 11 is 0. The number of carbonyl (C=O) groups is 1. The Morgan fingerprint density at radius 2 is 1.71 bits per heavy atom. The molecule has 4 heterocycles. The van der Waals surface area contributed by atoms with Crippen molar-refractivity contribution >= 4 is 27.8 Å². The summed E-state index contributed by atoms with van der Waals surface area (Å²) < 4.78 is 47.4. The molecule has 1 amide bonds. The number of nitrogens with one attached hydrogen (secondary N) is 1. The minimum absolute atomic E-state index is 0.0931. The van der Waals surface area contributed by atoms with Crippen LogP contribution in [0.1, 0.15) is 29.8 Å². The Balaban J connectivity index is 1.26. The SMILES string of the molecule is Cc1cc(C=NNC(=O)C2COc3ccccc3O2)c(C)n1-c1cc(S(=O)(=O)N2CCOCC2)ccc1N1CCCC1. The van der Waals surface area contributed by atoms with Crippen LogP contribution in [-0.2, 0) is 19.6 Å². The number of hydrogen-bond donors (Lipinski definition) is 1. The zero-order valence-corrected chi connectivity index (χ0v) is 24.6. The van der Waals surface area contributed by atoms with Crippen molar-refractivity contribution in [1.29, 1.82) is 0 Å². The van der Waals surface area contributed by atoms with E-state index in [0.29, 0.717) is 37.8 Å². The molecule has 1 atom stereocenters. The highest BCUT2D eigenvalue weighted by Gasteiger charge is 2.29. The Kier molecular flexibility index (Phi) is 7.93. The van der Waals surface area contributed by atoms with E-state index in [9.17, 15) is 13.2 Å². The van der Waals surface area contributed by atoms with Crippen LogP contribution >= 0.6 is 0 Å². The van der Waals surface area contributed by atoms with Gasteiger partial charge in [-0.2, -0.15) is 9.41 Å². The largest absolute Gasteiger partial charge is 0.485 e. The van der Waals surface area contributed by atoms with Gasteiger partial charge in [0.1, 0.15) is 6.61 Å². The molecule has 3 aliphatic heterocycles. The number of aryl methyl sites for hydroxylation is 1. The lowest BCUT2D eigenvalue weighted by Crippen LogP contribution is -2.42. The average molecular weight is 594 g/mol. The maximum Gasteiger partial charge on any atom is 0.284 e. The Labute approximate surface area is 245 Å². The Bertz CT molecular complexity index is 1610. The Hall–Kier alpha value is -3.87. The standard InChI is InChI=1S/C30H35N5O6S/c1-21-17-23(19-31-32-30(36)29-20-40-27-7-3-4-8-28(27)41-29)22(2)35(21)26-18-24(9-10-25(26)33-11-5-6-12-33)42(37,38)34-13-15-39-16-14-34/h3-4,7-10,17-19,29H,5-6,11-16,20H2,1-2H3,(H,32,36). The van der Waals surface area contributed by atoms with Crippen LogP contribution in [0, 0.1) is 13.8 Å². The lowest BCUT2D eigenvalue weighted by molar-refractivity contribution is -0.130. The number of ether oxygens (including phenoxy) is 3. The molecule has 0 bridgehead atoms. The van der Waals surface area contributed by atoms with Crippen molar-refractivity contribution < 1.29 is 27.4 Å². The number of rotatable bonds is 7. The minimum atomic E-state index is -3.68. The summed E-state index contributed by atoms with van der Waals surface area (Å²) in [6.07, 6.45) is 2.97. The molecule has 0 aliphatic carbocycles. The summed E-state index contributed by atoms with van der Waals surface area (Å²) in [6, 6.07) is 14.6. The van der Waals surface area contributed by atoms with Gasteiger partial charge in [-0.05, 0) is 63.1 Å². The van der Waals surface area contributed by atoms with Crippen molar-refractivity contribution in [2.75, 3.05) is 50.9 Å². The number of hydrazone groups is 1. The summed E-state index contributed by atoms with van der Waals surface area (Å²) in [5.41, 5.74) is 6.94. The van der Waals surface area contributed by atoms with Crippen LogP contribution in [0.4, 0.5) is 5.69 Å². The molecule has 2 saturated heterocycles. The van der Waals surface area contributed by atoms with E-state index >= 15 is 0 Å². The van der Waals surface area contributed by atoms with E-state index in [0.717, 1.165) is 54.3 Å². The molecule has 6 rings (SSSR count). The number of amides is 1. The number of fused-ring (bicyclic) bond motifs is 1. The molecule has 1 N–H and O–H groups in total. The lowest BCUT2D eigenvalue weighted by atomic mass is 10.2. The fourth-order valence-electron chi connectivity index (χ4n) is 5.68. The molecule has 42 heavy (non-hydrogen) atoms.